The number of hydrogen-bond donors (Lipinski definition) is 0. The van der Waals surface area contributed by atoms with Gasteiger partial charge < -0.3 is 19.3 Å². The van der Waals surface area contributed by atoms with Crippen LogP contribution in [0.25, 0.3) is 38.3 Å². The van der Waals surface area contributed by atoms with Crippen molar-refractivity contribution in [3.63, 3.8) is 0 Å². The standard InChI is InChI=1S/C46H36N6/c1-3-13-36(14-4-1)51(40-20-19-33-11-7-8-12-34(33)29-40)38-23-21-35(22-24-38)49-27-28-50(46-45(49)31-47-32-48-46)39-25-26-44-42(30-39)41-17-9-10-18-43(41)52(44)37-15-5-2-6-16-37/h1,3-5,7-26,29-32H,2,6,27-28H2. The third kappa shape index (κ3) is 5.11. The molecule has 6 nitrogen and oxygen atoms in total. The Morgan fingerprint density at radius 1 is 0.558 bits per heavy atom. The minimum absolute atomic E-state index is 0.789. The van der Waals surface area contributed by atoms with E-state index in [1.807, 2.05) is 6.20 Å². The predicted octanol–water partition coefficient (Wildman–Crippen LogP) is 11.7. The van der Waals surface area contributed by atoms with E-state index >= 15 is 0 Å². The highest BCUT2D eigenvalue weighted by Crippen LogP contribution is 2.43. The van der Waals surface area contributed by atoms with Gasteiger partial charge in [0.25, 0.3) is 0 Å². The van der Waals surface area contributed by atoms with Crippen molar-refractivity contribution in [3.8, 4) is 0 Å². The molecule has 0 atom stereocenters. The second-order valence-corrected chi connectivity index (χ2v) is 13.4. The minimum Gasteiger partial charge on any atom is -0.335 e. The van der Waals surface area contributed by atoms with Gasteiger partial charge in [0.05, 0.1) is 17.2 Å². The molecule has 2 aromatic heterocycles. The van der Waals surface area contributed by atoms with E-state index < -0.39 is 0 Å². The van der Waals surface area contributed by atoms with Gasteiger partial charge in [-0.25, -0.2) is 9.97 Å². The predicted molar refractivity (Wildman–Crippen MR) is 217 cm³/mol. The average Bonchev–Trinajstić information content (AvgIpc) is 3.55. The van der Waals surface area contributed by atoms with Crippen LogP contribution in [0.15, 0.2) is 170 Å². The van der Waals surface area contributed by atoms with Crippen LogP contribution in [0, 0.1) is 0 Å². The summed E-state index contributed by atoms with van der Waals surface area (Å²) in [4.78, 5) is 16.4. The minimum atomic E-state index is 0.789. The van der Waals surface area contributed by atoms with Crippen molar-refractivity contribution in [1.82, 2.24) is 14.5 Å². The third-order valence-electron chi connectivity index (χ3n) is 10.4. The number of aromatic nitrogens is 3. The molecule has 0 N–H and O–H groups in total. The first-order valence-electron chi connectivity index (χ1n) is 18.0. The van der Waals surface area contributed by atoms with E-state index in [2.05, 4.69) is 182 Å². The third-order valence-corrected chi connectivity index (χ3v) is 10.4. The Labute approximate surface area is 302 Å². The highest BCUT2D eigenvalue weighted by atomic mass is 15.3. The normalized spacial score (nSPS) is 14.2. The lowest BCUT2D eigenvalue weighted by Gasteiger charge is -2.37. The van der Waals surface area contributed by atoms with E-state index in [0.717, 1.165) is 65.9 Å². The lowest BCUT2D eigenvalue weighted by molar-refractivity contribution is 0.826. The van der Waals surface area contributed by atoms with Crippen LogP contribution in [-0.2, 0) is 0 Å². The molecule has 8 aromatic rings. The van der Waals surface area contributed by atoms with Crippen LogP contribution < -0.4 is 14.7 Å². The molecule has 2 aliphatic rings. The summed E-state index contributed by atoms with van der Waals surface area (Å²) in [5.41, 5.74) is 10.3. The van der Waals surface area contributed by atoms with Gasteiger partial charge in [0.1, 0.15) is 12.0 Å². The molecular weight excluding hydrogens is 637 g/mol. The van der Waals surface area contributed by atoms with Gasteiger partial charge >= 0.3 is 0 Å². The molecule has 52 heavy (non-hydrogen) atoms. The monoisotopic (exact) mass is 672 g/mol. The van der Waals surface area contributed by atoms with E-state index in [0.29, 0.717) is 0 Å². The fourth-order valence-electron chi connectivity index (χ4n) is 7.95. The van der Waals surface area contributed by atoms with Gasteiger partial charge in [-0.15, -0.1) is 0 Å². The first-order valence-corrected chi connectivity index (χ1v) is 18.0. The Hall–Kier alpha value is -6.66. The van der Waals surface area contributed by atoms with E-state index in [9.17, 15) is 0 Å². The fourth-order valence-corrected chi connectivity index (χ4v) is 7.95. The first kappa shape index (κ1) is 30.2. The number of fused-ring (bicyclic) bond motifs is 5. The number of allylic oxidation sites excluding steroid dienone is 4. The lowest BCUT2D eigenvalue weighted by atomic mass is 10.1. The molecular formula is C46H36N6. The van der Waals surface area contributed by atoms with Gasteiger partial charge in [0.15, 0.2) is 5.82 Å². The smallest absolute Gasteiger partial charge is 0.160 e. The van der Waals surface area contributed by atoms with Gasteiger partial charge in [-0.3, -0.25) is 0 Å². The molecule has 0 radical (unpaired) electrons. The number of anilines is 7. The molecule has 0 spiro atoms. The number of nitrogens with zero attached hydrogens (tertiary/aromatic N) is 6. The molecule has 0 fully saturated rings. The van der Waals surface area contributed by atoms with Crippen LogP contribution >= 0.6 is 0 Å². The number of rotatable bonds is 6. The fraction of sp³-hybridized carbons (Fsp3) is 0.0870. The summed E-state index contributed by atoms with van der Waals surface area (Å²) in [6, 6.07) is 50.2. The van der Waals surface area contributed by atoms with Crippen molar-refractivity contribution < 1.29 is 0 Å². The van der Waals surface area contributed by atoms with Gasteiger partial charge in [-0.1, -0.05) is 78.9 Å². The Balaban J connectivity index is 1.000. The second kappa shape index (κ2) is 12.6. The quantitative estimate of drug-likeness (QED) is 0.176. The average molecular weight is 673 g/mol. The molecule has 0 saturated heterocycles. The highest BCUT2D eigenvalue weighted by molar-refractivity contribution is 6.11. The largest absolute Gasteiger partial charge is 0.335 e. The van der Waals surface area contributed by atoms with Crippen LogP contribution in [0.2, 0.25) is 0 Å². The van der Waals surface area contributed by atoms with E-state index in [-0.39, 0.29) is 0 Å². The zero-order valence-corrected chi connectivity index (χ0v) is 28.7. The van der Waals surface area contributed by atoms with Crippen molar-refractivity contribution >= 4 is 78.2 Å². The van der Waals surface area contributed by atoms with Crippen LogP contribution in [-0.4, -0.2) is 27.6 Å². The number of benzene rings is 6. The van der Waals surface area contributed by atoms with Crippen molar-refractivity contribution in [2.24, 2.45) is 0 Å². The van der Waals surface area contributed by atoms with Crippen LogP contribution in [0.5, 0.6) is 0 Å². The molecule has 6 aromatic carbocycles. The zero-order chi connectivity index (χ0) is 34.4. The van der Waals surface area contributed by atoms with Gasteiger partial charge in [-0.2, -0.15) is 0 Å². The molecule has 0 saturated carbocycles. The summed E-state index contributed by atoms with van der Waals surface area (Å²) in [5.74, 6) is 0.911. The number of para-hydroxylation sites is 2. The maximum atomic E-state index is 4.87. The molecule has 250 valence electrons. The maximum Gasteiger partial charge on any atom is 0.160 e. The molecule has 0 bridgehead atoms. The Morgan fingerprint density at radius 3 is 2.15 bits per heavy atom. The molecule has 1 aliphatic carbocycles. The van der Waals surface area contributed by atoms with Crippen molar-refractivity contribution in [2.45, 2.75) is 12.8 Å². The SMILES string of the molecule is C1=CC(n2c3ccccc3c3cc(N4CCN(c5ccc(N(c6ccccc6)c6ccc7ccccc7c6)cc5)c5cncnc54)ccc32)=CCC1. The molecule has 0 unspecified atom stereocenters. The van der Waals surface area contributed by atoms with Gasteiger partial charge in [0, 0.05) is 58.0 Å². The molecule has 3 heterocycles. The second-order valence-electron chi connectivity index (χ2n) is 13.4. The summed E-state index contributed by atoms with van der Waals surface area (Å²) in [6.07, 6.45) is 12.6. The molecule has 6 heteroatoms. The highest BCUT2D eigenvalue weighted by Gasteiger charge is 2.27. The summed E-state index contributed by atoms with van der Waals surface area (Å²) < 4.78 is 2.40. The molecule has 1 aliphatic heterocycles. The summed E-state index contributed by atoms with van der Waals surface area (Å²) in [5, 5.41) is 4.96. The summed E-state index contributed by atoms with van der Waals surface area (Å²) >= 11 is 0. The summed E-state index contributed by atoms with van der Waals surface area (Å²) in [6.45, 7) is 1.58. The van der Waals surface area contributed by atoms with E-state index in [1.54, 1.807) is 6.33 Å². The van der Waals surface area contributed by atoms with Gasteiger partial charge in [-0.05, 0) is 102 Å². The summed E-state index contributed by atoms with van der Waals surface area (Å²) in [7, 11) is 0. The van der Waals surface area contributed by atoms with Gasteiger partial charge in [0.2, 0.25) is 0 Å². The topological polar surface area (TPSA) is 40.4 Å². The van der Waals surface area contributed by atoms with E-state index in [4.69, 9.17) is 4.98 Å². The van der Waals surface area contributed by atoms with Crippen molar-refractivity contribution in [1.29, 1.82) is 0 Å². The van der Waals surface area contributed by atoms with Crippen molar-refractivity contribution in [3.05, 3.63) is 170 Å². The number of hydrogen-bond acceptors (Lipinski definition) is 5. The van der Waals surface area contributed by atoms with E-state index in [1.165, 1.54) is 38.3 Å². The van der Waals surface area contributed by atoms with Crippen LogP contribution in [0.3, 0.4) is 0 Å². The lowest BCUT2D eigenvalue weighted by Crippen LogP contribution is -2.37. The van der Waals surface area contributed by atoms with Crippen molar-refractivity contribution in [2.75, 3.05) is 27.8 Å². The Kier molecular flexibility index (Phi) is 7.31. The van der Waals surface area contributed by atoms with Crippen LogP contribution in [0.4, 0.5) is 39.9 Å². The Bertz CT molecular complexity index is 2660. The maximum absolute atomic E-state index is 4.87. The first-order chi connectivity index (χ1) is 25.8. The molecule has 0 amide bonds. The Morgan fingerprint density at radius 2 is 1.29 bits per heavy atom. The zero-order valence-electron chi connectivity index (χ0n) is 28.7. The van der Waals surface area contributed by atoms with Crippen LogP contribution in [0.1, 0.15) is 12.8 Å². The molecule has 10 rings (SSSR count).